The number of H-pyrrole nitrogens is 1. The lowest BCUT2D eigenvalue weighted by atomic mass is 10.2. The molecule has 94 valence electrons. The molecule has 0 fully saturated rings. The van der Waals surface area contributed by atoms with Gasteiger partial charge in [-0.05, 0) is 24.4 Å². The number of nitrogens with zero attached hydrogens (tertiary/aromatic N) is 3. The molecule has 1 aromatic heterocycles. The van der Waals surface area contributed by atoms with Crippen LogP contribution in [0.15, 0.2) is 23.3 Å². The first-order valence-corrected chi connectivity index (χ1v) is 6.44. The summed E-state index contributed by atoms with van der Waals surface area (Å²) in [5, 5.41) is 12.1. The highest BCUT2D eigenvalue weighted by atomic mass is 35.5. The van der Waals surface area contributed by atoms with Crippen LogP contribution in [0.2, 0.25) is 10.0 Å². The fraction of sp³-hybridized carbons (Fsp3) is 0.182. The molecule has 0 saturated heterocycles. The molecule has 0 unspecified atom stereocenters. The number of nitrogens with one attached hydrogen (secondary N) is 1. The van der Waals surface area contributed by atoms with Crippen molar-refractivity contribution in [2.75, 3.05) is 0 Å². The van der Waals surface area contributed by atoms with Crippen molar-refractivity contribution in [2.24, 2.45) is 5.10 Å². The van der Waals surface area contributed by atoms with Gasteiger partial charge < -0.3 is 0 Å². The van der Waals surface area contributed by atoms with Gasteiger partial charge in [-0.3, -0.25) is 5.10 Å². The molecule has 1 aromatic carbocycles. The molecule has 0 aliphatic rings. The Labute approximate surface area is 119 Å². The Morgan fingerprint density at radius 3 is 2.72 bits per heavy atom. The van der Waals surface area contributed by atoms with Crippen molar-refractivity contribution in [1.29, 1.82) is 0 Å². The molecular formula is C11H10Cl2N4S. The van der Waals surface area contributed by atoms with E-state index >= 15 is 0 Å². The molecule has 7 heteroatoms. The summed E-state index contributed by atoms with van der Waals surface area (Å²) in [5.41, 5.74) is 0.658. The lowest BCUT2D eigenvalue weighted by Crippen LogP contribution is -1.97. The molecule has 0 aliphatic carbocycles. The van der Waals surface area contributed by atoms with Crippen LogP contribution in [-0.2, 0) is 6.42 Å². The molecule has 0 amide bonds. The summed E-state index contributed by atoms with van der Waals surface area (Å²) in [6.07, 6.45) is 2.30. The van der Waals surface area contributed by atoms with E-state index in [2.05, 4.69) is 15.3 Å². The molecule has 0 spiro atoms. The number of aryl methyl sites for hydroxylation is 1. The maximum Gasteiger partial charge on any atom is 0.216 e. The molecular weight excluding hydrogens is 291 g/mol. The van der Waals surface area contributed by atoms with Crippen LogP contribution in [0.3, 0.4) is 0 Å². The number of hydrogen-bond acceptors (Lipinski definition) is 3. The standard InChI is InChI=1S/C11H10Cl2N4S/c1-2-10-15-16-11(18)17(10)14-6-7-8(12)4-3-5-9(7)13/h3-6H,2H2,1H3,(H,16,18). The van der Waals surface area contributed by atoms with E-state index in [4.69, 9.17) is 35.4 Å². The van der Waals surface area contributed by atoms with Crippen LogP contribution in [0.5, 0.6) is 0 Å². The lowest BCUT2D eigenvalue weighted by molar-refractivity contribution is 0.780. The highest BCUT2D eigenvalue weighted by Crippen LogP contribution is 2.22. The maximum atomic E-state index is 6.05. The van der Waals surface area contributed by atoms with Gasteiger partial charge in [-0.1, -0.05) is 36.2 Å². The molecule has 1 N–H and O–H groups in total. The molecule has 2 rings (SSSR count). The van der Waals surface area contributed by atoms with E-state index < -0.39 is 0 Å². The second kappa shape index (κ2) is 5.65. The molecule has 0 bridgehead atoms. The molecule has 18 heavy (non-hydrogen) atoms. The third-order valence-corrected chi connectivity index (χ3v) is 3.26. The first kappa shape index (κ1) is 13.3. The number of aromatic amines is 1. The predicted octanol–water partition coefficient (Wildman–Crippen LogP) is 3.69. The summed E-state index contributed by atoms with van der Waals surface area (Å²) in [6.45, 7) is 1.97. The fourth-order valence-electron chi connectivity index (χ4n) is 1.42. The van der Waals surface area contributed by atoms with Crippen molar-refractivity contribution in [3.05, 3.63) is 44.4 Å². The second-order valence-corrected chi connectivity index (χ2v) is 4.69. The number of halogens is 2. The largest absolute Gasteiger partial charge is 0.250 e. The normalized spacial score (nSPS) is 11.3. The van der Waals surface area contributed by atoms with Crippen LogP contribution in [-0.4, -0.2) is 21.1 Å². The van der Waals surface area contributed by atoms with Gasteiger partial charge in [0.25, 0.3) is 0 Å². The predicted molar refractivity (Wildman–Crippen MR) is 76.2 cm³/mol. The van der Waals surface area contributed by atoms with Gasteiger partial charge in [-0.2, -0.15) is 14.9 Å². The third-order valence-electron chi connectivity index (χ3n) is 2.34. The fourth-order valence-corrected chi connectivity index (χ4v) is 2.11. The SMILES string of the molecule is CCc1n[nH]c(=S)n1N=Cc1c(Cl)cccc1Cl. The zero-order chi connectivity index (χ0) is 13.1. The Hall–Kier alpha value is -1.17. The van der Waals surface area contributed by atoms with Gasteiger partial charge in [0, 0.05) is 12.0 Å². The van der Waals surface area contributed by atoms with E-state index in [1.165, 1.54) is 0 Å². The second-order valence-electron chi connectivity index (χ2n) is 3.49. The van der Waals surface area contributed by atoms with Crippen LogP contribution in [0.1, 0.15) is 18.3 Å². The van der Waals surface area contributed by atoms with Gasteiger partial charge in [0.2, 0.25) is 4.77 Å². The van der Waals surface area contributed by atoms with Crippen LogP contribution < -0.4 is 0 Å². The molecule has 1 heterocycles. The third kappa shape index (κ3) is 2.63. The van der Waals surface area contributed by atoms with E-state index in [0.717, 1.165) is 12.2 Å². The van der Waals surface area contributed by atoms with Gasteiger partial charge >= 0.3 is 0 Å². The summed E-state index contributed by atoms with van der Waals surface area (Å²) in [6, 6.07) is 5.29. The quantitative estimate of drug-likeness (QED) is 0.694. The zero-order valence-electron chi connectivity index (χ0n) is 9.52. The van der Waals surface area contributed by atoms with E-state index in [-0.39, 0.29) is 0 Å². The number of hydrogen-bond donors (Lipinski definition) is 1. The summed E-state index contributed by atoms with van der Waals surface area (Å²) in [7, 11) is 0. The van der Waals surface area contributed by atoms with Crippen molar-refractivity contribution in [1.82, 2.24) is 14.9 Å². The van der Waals surface area contributed by atoms with Crippen LogP contribution in [0, 0.1) is 4.77 Å². The minimum Gasteiger partial charge on any atom is -0.250 e. The summed E-state index contributed by atoms with van der Waals surface area (Å²) in [4.78, 5) is 0. The Morgan fingerprint density at radius 2 is 2.11 bits per heavy atom. The zero-order valence-corrected chi connectivity index (χ0v) is 11.9. The van der Waals surface area contributed by atoms with Crippen LogP contribution in [0.4, 0.5) is 0 Å². The van der Waals surface area contributed by atoms with Gasteiger partial charge in [-0.15, -0.1) is 0 Å². The van der Waals surface area contributed by atoms with Gasteiger partial charge in [-0.25, -0.2) is 0 Å². The molecule has 2 aromatic rings. The number of benzene rings is 1. The van der Waals surface area contributed by atoms with Crippen molar-refractivity contribution in [3.63, 3.8) is 0 Å². The molecule has 0 saturated carbocycles. The van der Waals surface area contributed by atoms with Gasteiger partial charge in [0.1, 0.15) is 0 Å². The molecule has 0 atom stereocenters. The Kier molecular flexibility index (Phi) is 4.16. The minimum atomic E-state index is 0.436. The molecule has 0 radical (unpaired) electrons. The smallest absolute Gasteiger partial charge is 0.216 e. The number of aromatic nitrogens is 3. The molecule has 4 nitrogen and oxygen atoms in total. The van der Waals surface area contributed by atoms with E-state index in [1.807, 2.05) is 6.92 Å². The Morgan fingerprint density at radius 1 is 1.44 bits per heavy atom. The maximum absolute atomic E-state index is 6.05. The van der Waals surface area contributed by atoms with E-state index in [9.17, 15) is 0 Å². The van der Waals surface area contributed by atoms with E-state index in [1.54, 1.807) is 29.1 Å². The van der Waals surface area contributed by atoms with Crippen molar-refractivity contribution in [3.8, 4) is 0 Å². The topological polar surface area (TPSA) is 46.0 Å². The van der Waals surface area contributed by atoms with Crippen molar-refractivity contribution in [2.45, 2.75) is 13.3 Å². The Bertz CT molecular complexity index is 624. The lowest BCUT2D eigenvalue weighted by Gasteiger charge is -2.01. The van der Waals surface area contributed by atoms with Gasteiger partial charge in [0.05, 0.1) is 16.3 Å². The first-order chi connectivity index (χ1) is 8.63. The highest BCUT2D eigenvalue weighted by molar-refractivity contribution is 7.71. The van der Waals surface area contributed by atoms with Gasteiger partial charge in [0.15, 0.2) is 5.82 Å². The monoisotopic (exact) mass is 300 g/mol. The highest BCUT2D eigenvalue weighted by Gasteiger charge is 2.04. The van der Waals surface area contributed by atoms with Crippen molar-refractivity contribution < 1.29 is 0 Å². The molecule has 0 aliphatic heterocycles. The summed E-state index contributed by atoms with van der Waals surface area (Å²) in [5.74, 6) is 0.749. The summed E-state index contributed by atoms with van der Waals surface area (Å²) < 4.78 is 1.99. The first-order valence-electron chi connectivity index (χ1n) is 5.28. The minimum absolute atomic E-state index is 0.436. The summed E-state index contributed by atoms with van der Waals surface area (Å²) >= 11 is 17.2. The Balaban J connectivity index is 2.42. The van der Waals surface area contributed by atoms with Crippen LogP contribution >= 0.6 is 35.4 Å². The van der Waals surface area contributed by atoms with Crippen molar-refractivity contribution >= 4 is 41.6 Å². The van der Waals surface area contributed by atoms with Crippen LogP contribution in [0.25, 0.3) is 0 Å². The average Bonchev–Trinajstić information content (AvgIpc) is 2.70. The van der Waals surface area contributed by atoms with E-state index in [0.29, 0.717) is 20.4 Å². The average molecular weight is 301 g/mol. The number of rotatable bonds is 3.